The quantitative estimate of drug-likeness (QED) is 0.846. The molecule has 0 radical (unpaired) electrons. The van der Waals surface area contributed by atoms with Gasteiger partial charge in [-0.15, -0.1) is 0 Å². The summed E-state index contributed by atoms with van der Waals surface area (Å²) in [4.78, 5) is 0. The molecule has 1 aromatic heterocycles. The lowest BCUT2D eigenvalue weighted by molar-refractivity contribution is 0.410. The highest BCUT2D eigenvalue weighted by Gasteiger charge is 2.15. The van der Waals surface area contributed by atoms with Gasteiger partial charge in [-0.2, -0.15) is 5.10 Å². The van der Waals surface area contributed by atoms with Crippen molar-refractivity contribution < 1.29 is 0 Å². The van der Waals surface area contributed by atoms with Crippen molar-refractivity contribution in [1.29, 1.82) is 0 Å². The molecular weight excluding hydrogens is 222 g/mol. The molecule has 3 nitrogen and oxygen atoms in total. The highest BCUT2D eigenvalue weighted by Crippen LogP contribution is 2.21. The number of aryl methyl sites for hydroxylation is 1. The van der Waals surface area contributed by atoms with Gasteiger partial charge >= 0.3 is 0 Å². The van der Waals surface area contributed by atoms with Gasteiger partial charge in [-0.25, -0.2) is 0 Å². The Hall–Kier alpha value is -1.61. The first-order valence-electron chi connectivity index (χ1n) is 6.45. The van der Waals surface area contributed by atoms with E-state index >= 15 is 0 Å². The minimum Gasteiger partial charge on any atom is -0.306 e. The second-order valence-electron chi connectivity index (χ2n) is 5.03. The molecule has 0 saturated carbocycles. The molecule has 0 amide bonds. The van der Waals surface area contributed by atoms with Crippen LogP contribution in [0.15, 0.2) is 36.5 Å². The Balaban J connectivity index is 2.06. The van der Waals surface area contributed by atoms with Crippen LogP contribution in [0.5, 0.6) is 0 Å². The molecule has 2 N–H and O–H groups in total. The number of hydrogen-bond donors (Lipinski definition) is 2. The van der Waals surface area contributed by atoms with E-state index in [2.05, 4.69) is 66.6 Å². The molecule has 0 fully saturated rings. The van der Waals surface area contributed by atoms with Crippen molar-refractivity contribution in [3.05, 3.63) is 53.3 Å². The van der Waals surface area contributed by atoms with Gasteiger partial charge in [0.1, 0.15) is 0 Å². The predicted octanol–water partition coefficient (Wildman–Crippen LogP) is 3.21. The van der Waals surface area contributed by atoms with E-state index in [4.69, 9.17) is 0 Å². The van der Waals surface area contributed by atoms with E-state index in [1.54, 1.807) is 0 Å². The number of benzene rings is 1. The Morgan fingerprint density at radius 2 is 1.94 bits per heavy atom. The van der Waals surface area contributed by atoms with Gasteiger partial charge < -0.3 is 5.32 Å². The van der Waals surface area contributed by atoms with Gasteiger partial charge in [-0.3, -0.25) is 5.10 Å². The standard InChI is InChI=1S/C15H21N3/c1-11(2)15(13-7-5-4-6-8-13)16-9-14-10-17-18-12(14)3/h4-8,10-11,15-16H,9H2,1-3H3,(H,17,18). The van der Waals surface area contributed by atoms with Gasteiger partial charge in [0.25, 0.3) is 0 Å². The summed E-state index contributed by atoms with van der Waals surface area (Å²) in [7, 11) is 0. The van der Waals surface area contributed by atoms with E-state index in [9.17, 15) is 0 Å². The van der Waals surface area contributed by atoms with E-state index in [-0.39, 0.29) is 0 Å². The van der Waals surface area contributed by atoms with Crippen molar-refractivity contribution in [2.75, 3.05) is 0 Å². The number of rotatable bonds is 5. The van der Waals surface area contributed by atoms with Crippen molar-refractivity contribution in [3.8, 4) is 0 Å². The smallest absolute Gasteiger partial charge is 0.0535 e. The molecule has 1 aromatic carbocycles. The molecule has 0 aliphatic rings. The number of nitrogens with zero attached hydrogens (tertiary/aromatic N) is 1. The maximum Gasteiger partial charge on any atom is 0.0535 e. The molecule has 2 rings (SSSR count). The second kappa shape index (κ2) is 5.83. The van der Waals surface area contributed by atoms with Crippen LogP contribution in [0.2, 0.25) is 0 Å². The average Bonchev–Trinajstić information content (AvgIpc) is 2.76. The van der Waals surface area contributed by atoms with Gasteiger partial charge in [-0.1, -0.05) is 44.2 Å². The predicted molar refractivity (Wildman–Crippen MR) is 74.2 cm³/mol. The average molecular weight is 243 g/mol. The minimum absolute atomic E-state index is 0.375. The van der Waals surface area contributed by atoms with E-state index in [1.165, 1.54) is 11.1 Å². The first-order chi connectivity index (χ1) is 8.68. The highest BCUT2D eigenvalue weighted by molar-refractivity contribution is 5.20. The third-order valence-corrected chi connectivity index (χ3v) is 3.27. The number of aromatic nitrogens is 2. The molecule has 3 heteroatoms. The number of nitrogens with one attached hydrogen (secondary N) is 2. The number of aromatic amines is 1. The Kier molecular flexibility index (Phi) is 4.15. The maximum atomic E-state index is 4.05. The summed E-state index contributed by atoms with van der Waals surface area (Å²) in [5.74, 6) is 0.555. The number of hydrogen-bond acceptors (Lipinski definition) is 2. The lowest BCUT2D eigenvalue weighted by Gasteiger charge is -2.23. The van der Waals surface area contributed by atoms with Crippen LogP contribution in [0.1, 0.15) is 36.7 Å². The summed E-state index contributed by atoms with van der Waals surface area (Å²) < 4.78 is 0. The zero-order valence-corrected chi connectivity index (χ0v) is 11.3. The van der Waals surface area contributed by atoms with Crippen molar-refractivity contribution in [2.24, 2.45) is 5.92 Å². The van der Waals surface area contributed by atoms with Crippen LogP contribution in [0, 0.1) is 12.8 Å². The fourth-order valence-electron chi connectivity index (χ4n) is 2.17. The van der Waals surface area contributed by atoms with Crippen molar-refractivity contribution in [2.45, 2.75) is 33.4 Å². The largest absolute Gasteiger partial charge is 0.306 e. The first-order valence-corrected chi connectivity index (χ1v) is 6.45. The fourth-order valence-corrected chi connectivity index (χ4v) is 2.17. The molecule has 0 aliphatic heterocycles. The summed E-state index contributed by atoms with van der Waals surface area (Å²) in [6.07, 6.45) is 1.89. The monoisotopic (exact) mass is 243 g/mol. The Labute approximate surface area is 109 Å². The molecule has 1 heterocycles. The Morgan fingerprint density at radius 1 is 1.22 bits per heavy atom. The molecule has 18 heavy (non-hydrogen) atoms. The summed E-state index contributed by atoms with van der Waals surface area (Å²) >= 11 is 0. The normalized spacial score (nSPS) is 12.9. The molecule has 0 bridgehead atoms. The van der Waals surface area contributed by atoms with E-state index in [0.29, 0.717) is 12.0 Å². The second-order valence-corrected chi connectivity index (χ2v) is 5.03. The minimum atomic E-state index is 0.375. The third kappa shape index (κ3) is 2.99. The first kappa shape index (κ1) is 12.8. The molecule has 1 atom stereocenters. The zero-order valence-electron chi connectivity index (χ0n) is 11.3. The Morgan fingerprint density at radius 3 is 2.50 bits per heavy atom. The van der Waals surface area contributed by atoms with Crippen LogP contribution in [0.25, 0.3) is 0 Å². The zero-order chi connectivity index (χ0) is 13.0. The summed E-state index contributed by atoms with van der Waals surface area (Å²) in [6.45, 7) is 7.39. The Bertz CT molecular complexity index is 473. The summed E-state index contributed by atoms with van der Waals surface area (Å²) in [5, 5.41) is 10.6. The molecule has 0 spiro atoms. The SMILES string of the molecule is Cc1[nH]ncc1CNC(c1ccccc1)C(C)C. The van der Waals surface area contributed by atoms with Crippen molar-refractivity contribution in [3.63, 3.8) is 0 Å². The van der Waals surface area contributed by atoms with Gasteiger partial charge in [0, 0.05) is 23.8 Å². The number of H-pyrrole nitrogens is 1. The summed E-state index contributed by atoms with van der Waals surface area (Å²) in [5.41, 5.74) is 3.71. The van der Waals surface area contributed by atoms with Crippen LogP contribution >= 0.6 is 0 Å². The van der Waals surface area contributed by atoms with E-state index < -0.39 is 0 Å². The van der Waals surface area contributed by atoms with Gasteiger partial charge in [0.15, 0.2) is 0 Å². The lowest BCUT2D eigenvalue weighted by atomic mass is 9.96. The molecule has 96 valence electrons. The molecular formula is C15H21N3. The summed E-state index contributed by atoms with van der Waals surface area (Å²) in [6, 6.07) is 11.0. The maximum absolute atomic E-state index is 4.05. The molecule has 2 aromatic rings. The topological polar surface area (TPSA) is 40.7 Å². The molecule has 0 saturated heterocycles. The van der Waals surface area contributed by atoms with Crippen molar-refractivity contribution in [1.82, 2.24) is 15.5 Å². The van der Waals surface area contributed by atoms with Crippen molar-refractivity contribution >= 4 is 0 Å². The van der Waals surface area contributed by atoms with Crippen LogP contribution in [0.3, 0.4) is 0 Å². The van der Waals surface area contributed by atoms with Crippen LogP contribution in [-0.4, -0.2) is 10.2 Å². The van der Waals surface area contributed by atoms with Gasteiger partial charge in [0.05, 0.1) is 6.20 Å². The fraction of sp³-hybridized carbons (Fsp3) is 0.400. The third-order valence-electron chi connectivity index (χ3n) is 3.27. The van der Waals surface area contributed by atoms with E-state index in [1.807, 2.05) is 6.20 Å². The van der Waals surface area contributed by atoms with Crippen LogP contribution < -0.4 is 5.32 Å². The molecule has 1 unspecified atom stereocenters. The highest BCUT2D eigenvalue weighted by atomic mass is 15.1. The van der Waals surface area contributed by atoms with E-state index in [0.717, 1.165) is 12.2 Å². The van der Waals surface area contributed by atoms with Gasteiger partial charge in [-0.05, 0) is 18.4 Å². The van der Waals surface area contributed by atoms with Crippen LogP contribution in [0.4, 0.5) is 0 Å². The van der Waals surface area contributed by atoms with Gasteiger partial charge in [0.2, 0.25) is 0 Å². The molecule has 0 aliphatic carbocycles. The van der Waals surface area contributed by atoms with Crippen LogP contribution in [-0.2, 0) is 6.54 Å². The lowest BCUT2D eigenvalue weighted by Crippen LogP contribution is -2.25.